The molecule has 0 aliphatic carbocycles. The standard InChI is InChI=1S/C15H24N2O5/c1-14(2,3)21-12(19)10-7-9(8-16)11(18)17(10)13(20)22-15(4,5)6/h8,10H,7,16H2,1-6H3/b9-8+/t10-/m0/s1. The van der Waals surface area contributed by atoms with Crippen molar-refractivity contribution in [2.45, 2.75) is 65.2 Å². The normalized spacial score (nSPS) is 21.2. The van der Waals surface area contributed by atoms with Crippen LogP contribution in [0.3, 0.4) is 0 Å². The van der Waals surface area contributed by atoms with Crippen molar-refractivity contribution in [3.8, 4) is 0 Å². The smallest absolute Gasteiger partial charge is 0.418 e. The first-order valence-corrected chi connectivity index (χ1v) is 7.06. The molecule has 7 heteroatoms. The Labute approximate surface area is 130 Å². The SMILES string of the molecule is CC(C)(C)OC(=O)[C@@H]1C/C(=C\N)C(=O)N1C(=O)OC(C)(C)C. The second kappa shape index (κ2) is 5.98. The summed E-state index contributed by atoms with van der Waals surface area (Å²) in [6.45, 7) is 10.1. The predicted molar refractivity (Wildman–Crippen MR) is 79.6 cm³/mol. The molecular weight excluding hydrogens is 288 g/mol. The molecule has 1 aliphatic heterocycles. The van der Waals surface area contributed by atoms with E-state index in [-0.39, 0.29) is 12.0 Å². The lowest BCUT2D eigenvalue weighted by Crippen LogP contribution is -2.47. The van der Waals surface area contributed by atoms with Gasteiger partial charge < -0.3 is 15.2 Å². The number of hydrogen-bond donors (Lipinski definition) is 1. The average Bonchev–Trinajstić information content (AvgIpc) is 2.61. The van der Waals surface area contributed by atoms with Gasteiger partial charge in [-0.15, -0.1) is 0 Å². The van der Waals surface area contributed by atoms with Gasteiger partial charge in [0.05, 0.1) is 0 Å². The van der Waals surface area contributed by atoms with E-state index in [4.69, 9.17) is 15.2 Å². The van der Waals surface area contributed by atoms with Crippen molar-refractivity contribution < 1.29 is 23.9 Å². The number of ether oxygens (including phenoxy) is 2. The molecule has 0 aromatic rings. The fraction of sp³-hybridized carbons (Fsp3) is 0.667. The molecule has 1 saturated heterocycles. The zero-order valence-electron chi connectivity index (χ0n) is 13.9. The summed E-state index contributed by atoms with van der Waals surface area (Å²) in [5, 5.41) is 0. The first-order valence-electron chi connectivity index (χ1n) is 7.06. The average molecular weight is 312 g/mol. The van der Waals surface area contributed by atoms with Crippen molar-refractivity contribution in [3.05, 3.63) is 11.8 Å². The van der Waals surface area contributed by atoms with Crippen LogP contribution in [-0.4, -0.2) is 40.1 Å². The molecule has 1 fully saturated rings. The molecule has 0 spiro atoms. The van der Waals surface area contributed by atoms with Crippen LogP contribution >= 0.6 is 0 Å². The van der Waals surface area contributed by atoms with Gasteiger partial charge in [-0.05, 0) is 41.5 Å². The minimum Gasteiger partial charge on any atom is -0.458 e. The summed E-state index contributed by atoms with van der Waals surface area (Å²) < 4.78 is 10.5. The first-order chi connectivity index (χ1) is 9.85. The van der Waals surface area contributed by atoms with Gasteiger partial charge in [0, 0.05) is 18.2 Å². The molecule has 22 heavy (non-hydrogen) atoms. The topological polar surface area (TPSA) is 98.9 Å². The van der Waals surface area contributed by atoms with Gasteiger partial charge in [-0.25, -0.2) is 14.5 Å². The number of likely N-dealkylation sites (tertiary alicyclic amines) is 1. The molecule has 124 valence electrons. The molecule has 2 N–H and O–H groups in total. The van der Waals surface area contributed by atoms with Crippen LogP contribution in [0.2, 0.25) is 0 Å². The fourth-order valence-electron chi connectivity index (χ4n) is 1.90. The monoisotopic (exact) mass is 312 g/mol. The number of esters is 1. The number of carbonyl (C=O) groups excluding carboxylic acids is 3. The maximum absolute atomic E-state index is 12.3. The molecule has 2 amide bonds. The third-order valence-corrected chi connectivity index (χ3v) is 2.69. The molecule has 0 aromatic heterocycles. The van der Waals surface area contributed by atoms with E-state index < -0.39 is 35.2 Å². The van der Waals surface area contributed by atoms with E-state index in [2.05, 4.69) is 0 Å². The van der Waals surface area contributed by atoms with Gasteiger partial charge in [0.2, 0.25) is 0 Å². The summed E-state index contributed by atoms with van der Waals surface area (Å²) in [4.78, 5) is 37.5. The summed E-state index contributed by atoms with van der Waals surface area (Å²) in [6, 6.07) is -1.06. The quantitative estimate of drug-likeness (QED) is 0.584. The number of rotatable bonds is 1. The van der Waals surface area contributed by atoms with Gasteiger partial charge in [-0.1, -0.05) is 0 Å². The van der Waals surface area contributed by atoms with E-state index in [0.29, 0.717) is 0 Å². The summed E-state index contributed by atoms with van der Waals surface area (Å²) in [5.74, 6) is -1.30. The maximum Gasteiger partial charge on any atom is 0.418 e. The van der Waals surface area contributed by atoms with Crippen LogP contribution in [0.1, 0.15) is 48.0 Å². The number of amides is 2. The maximum atomic E-state index is 12.3. The third-order valence-electron chi connectivity index (χ3n) is 2.69. The lowest BCUT2D eigenvalue weighted by molar-refractivity contribution is -0.161. The second-order valence-corrected chi connectivity index (χ2v) is 7.10. The Kier molecular flexibility index (Phi) is 4.89. The van der Waals surface area contributed by atoms with E-state index in [9.17, 15) is 14.4 Å². The molecule has 1 aliphatic rings. The van der Waals surface area contributed by atoms with Crippen LogP contribution in [0.15, 0.2) is 11.8 Å². The zero-order chi connectivity index (χ0) is 17.3. The number of nitrogens with zero attached hydrogens (tertiary/aromatic N) is 1. The van der Waals surface area contributed by atoms with Crippen molar-refractivity contribution in [2.24, 2.45) is 5.73 Å². The molecule has 1 heterocycles. The van der Waals surface area contributed by atoms with Gasteiger partial charge in [-0.3, -0.25) is 4.79 Å². The van der Waals surface area contributed by atoms with Crippen LogP contribution in [0.25, 0.3) is 0 Å². The summed E-state index contributed by atoms with van der Waals surface area (Å²) in [5.41, 5.74) is 4.06. The molecular formula is C15H24N2O5. The lowest BCUT2D eigenvalue weighted by Gasteiger charge is -2.28. The van der Waals surface area contributed by atoms with Gasteiger partial charge in [0.1, 0.15) is 17.2 Å². The van der Waals surface area contributed by atoms with Gasteiger partial charge in [-0.2, -0.15) is 0 Å². The first kappa shape index (κ1) is 18.0. The Hall–Kier alpha value is -2.05. The predicted octanol–water partition coefficient (Wildman–Crippen LogP) is 1.71. The van der Waals surface area contributed by atoms with E-state index in [1.54, 1.807) is 41.5 Å². The Morgan fingerprint density at radius 3 is 2.05 bits per heavy atom. The van der Waals surface area contributed by atoms with E-state index in [0.717, 1.165) is 11.1 Å². The number of hydrogen-bond acceptors (Lipinski definition) is 6. The minimum absolute atomic E-state index is 0.0174. The minimum atomic E-state index is -1.06. The highest BCUT2D eigenvalue weighted by molar-refractivity contribution is 6.08. The Bertz CT molecular complexity index is 511. The van der Waals surface area contributed by atoms with Crippen molar-refractivity contribution in [1.29, 1.82) is 0 Å². The highest BCUT2D eigenvalue weighted by Gasteiger charge is 2.46. The highest BCUT2D eigenvalue weighted by Crippen LogP contribution is 2.28. The molecule has 1 atom stereocenters. The molecule has 7 nitrogen and oxygen atoms in total. The molecule has 0 radical (unpaired) electrons. The molecule has 0 unspecified atom stereocenters. The van der Waals surface area contributed by atoms with Crippen LogP contribution in [0.5, 0.6) is 0 Å². The Morgan fingerprint density at radius 2 is 1.64 bits per heavy atom. The van der Waals surface area contributed by atoms with Crippen molar-refractivity contribution in [2.75, 3.05) is 0 Å². The van der Waals surface area contributed by atoms with E-state index in [1.165, 1.54) is 0 Å². The lowest BCUT2D eigenvalue weighted by atomic mass is 10.1. The Balaban J connectivity index is 3.05. The number of carbonyl (C=O) groups is 3. The second-order valence-electron chi connectivity index (χ2n) is 7.10. The zero-order valence-corrected chi connectivity index (χ0v) is 13.9. The summed E-state index contributed by atoms with van der Waals surface area (Å²) >= 11 is 0. The molecule has 0 saturated carbocycles. The van der Waals surface area contributed by atoms with Crippen molar-refractivity contribution in [1.82, 2.24) is 4.90 Å². The highest BCUT2D eigenvalue weighted by atomic mass is 16.6. The molecule has 1 rings (SSSR count). The summed E-state index contributed by atoms with van der Waals surface area (Å²) in [7, 11) is 0. The van der Waals surface area contributed by atoms with E-state index in [1.807, 2.05) is 0 Å². The van der Waals surface area contributed by atoms with Crippen molar-refractivity contribution in [3.63, 3.8) is 0 Å². The van der Waals surface area contributed by atoms with Gasteiger partial charge in [0.15, 0.2) is 0 Å². The van der Waals surface area contributed by atoms with Gasteiger partial charge >= 0.3 is 12.1 Å². The van der Waals surface area contributed by atoms with Gasteiger partial charge in [0.25, 0.3) is 5.91 Å². The van der Waals surface area contributed by atoms with Crippen LogP contribution in [-0.2, 0) is 19.1 Å². The number of nitrogens with two attached hydrogens (primary N) is 1. The summed E-state index contributed by atoms with van der Waals surface area (Å²) in [6.07, 6.45) is 0.235. The molecule has 0 bridgehead atoms. The number of imide groups is 1. The molecule has 0 aromatic carbocycles. The van der Waals surface area contributed by atoms with Crippen LogP contribution < -0.4 is 5.73 Å². The Morgan fingerprint density at radius 1 is 1.14 bits per heavy atom. The van der Waals surface area contributed by atoms with Crippen LogP contribution in [0.4, 0.5) is 4.79 Å². The fourth-order valence-corrected chi connectivity index (χ4v) is 1.90. The third kappa shape index (κ3) is 4.47. The van der Waals surface area contributed by atoms with Crippen LogP contribution in [0, 0.1) is 0 Å². The van der Waals surface area contributed by atoms with Crippen molar-refractivity contribution >= 4 is 18.0 Å². The largest absolute Gasteiger partial charge is 0.458 e. The van der Waals surface area contributed by atoms with E-state index >= 15 is 0 Å².